The summed E-state index contributed by atoms with van der Waals surface area (Å²) < 4.78 is 16.9. The van der Waals surface area contributed by atoms with Crippen molar-refractivity contribution in [3.8, 4) is 0 Å². The number of unbranched alkanes of at least 4 members (excludes halogenated alkanes) is 44. The lowest BCUT2D eigenvalue weighted by Crippen LogP contribution is -2.30. The summed E-state index contributed by atoms with van der Waals surface area (Å²) in [5, 5.41) is 0. The highest BCUT2D eigenvalue weighted by Gasteiger charge is 2.19. The van der Waals surface area contributed by atoms with Crippen LogP contribution in [0.4, 0.5) is 0 Å². The third-order valence-electron chi connectivity index (χ3n) is 13.6. The van der Waals surface area contributed by atoms with Gasteiger partial charge in [-0.25, -0.2) is 0 Å². The van der Waals surface area contributed by atoms with Gasteiger partial charge in [0.05, 0.1) is 0 Å². The summed E-state index contributed by atoms with van der Waals surface area (Å²) in [7, 11) is 0. The number of carbonyl (C=O) groups is 3. The molecule has 1 atom stereocenters. The van der Waals surface area contributed by atoms with Crippen LogP contribution in [0.2, 0.25) is 0 Å². The normalized spacial score (nSPS) is 11.9. The maximum absolute atomic E-state index is 12.8. The topological polar surface area (TPSA) is 78.9 Å². The molecule has 0 spiro atoms. The first kappa shape index (κ1) is 63.4. The van der Waals surface area contributed by atoms with E-state index in [1.165, 1.54) is 244 Å². The van der Waals surface area contributed by atoms with Crippen LogP contribution in [0.25, 0.3) is 0 Å². The minimum absolute atomic E-state index is 0.0612. The van der Waals surface area contributed by atoms with Gasteiger partial charge in [-0.1, -0.05) is 303 Å². The lowest BCUT2D eigenvalue weighted by molar-refractivity contribution is -0.167. The molecule has 0 bridgehead atoms. The Morgan fingerprint density at radius 1 is 0.246 bits per heavy atom. The molecule has 0 saturated heterocycles. The number of rotatable bonds is 55. The van der Waals surface area contributed by atoms with E-state index in [0.29, 0.717) is 19.3 Å². The Kier molecular flexibility index (Phi) is 53.7. The van der Waals surface area contributed by atoms with E-state index >= 15 is 0 Å². The molecule has 0 rings (SSSR count). The molecule has 386 valence electrons. The van der Waals surface area contributed by atoms with Crippen LogP contribution in [0.5, 0.6) is 0 Å². The zero-order valence-corrected chi connectivity index (χ0v) is 44.3. The van der Waals surface area contributed by atoms with Crippen LogP contribution in [0.3, 0.4) is 0 Å². The van der Waals surface area contributed by atoms with Crippen molar-refractivity contribution in [2.45, 2.75) is 348 Å². The van der Waals surface area contributed by atoms with Gasteiger partial charge in [0.1, 0.15) is 13.2 Å². The van der Waals surface area contributed by atoms with Crippen LogP contribution in [0.1, 0.15) is 342 Å². The zero-order chi connectivity index (χ0) is 47.2. The highest BCUT2D eigenvalue weighted by molar-refractivity contribution is 5.71. The van der Waals surface area contributed by atoms with Gasteiger partial charge in [0.2, 0.25) is 0 Å². The molecule has 0 radical (unpaired) electrons. The zero-order valence-electron chi connectivity index (χ0n) is 44.3. The molecular formula is C59H114O6. The SMILES string of the molecule is CCCCCCCCCCCCCCCCCCCCCC(=O)OCC(COC(=O)CCCCCCCCCCCC)OC(=O)CCCCCCCCCCCCCCCCCCCC. The summed E-state index contributed by atoms with van der Waals surface area (Å²) in [6, 6.07) is 0. The average Bonchev–Trinajstić information content (AvgIpc) is 3.30. The fourth-order valence-electron chi connectivity index (χ4n) is 9.15. The van der Waals surface area contributed by atoms with Gasteiger partial charge in [-0.2, -0.15) is 0 Å². The molecule has 0 aromatic carbocycles. The third kappa shape index (κ3) is 53.2. The van der Waals surface area contributed by atoms with Gasteiger partial charge < -0.3 is 14.2 Å². The van der Waals surface area contributed by atoms with Crippen molar-refractivity contribution in [1.82, 2.24) is 0 Å². The Morgan fingerprint density at radius 2 is 0.415 bits per heavy atom. The number of ether oxygens (including phenoxy) is 3. The molecule has 0 aromatic rings. The van der Waals surface area contributed by atoms with Gasteiger partial charge in [0, 0.05) is 19.3 Å². The smallest absolute Gasteiger partial charge is 0.306 e. The van der Waals surface area contributed by atoms with Crippen molar-refractivity contribution in [2.24, 2.45) is 0 Å². The van der Waals surface area contributed by atoms with E-state index < -0.39 is 6.10 Å². The summed E-state index contributed by atoms with van der Waals surface area (Å²) in [6.45, 7) is 6.70. The van der Waals surface area contributed by atoms with Crippen molar-refractivity contribution in [2.75, 3.05) is 13.2 Å². The second kappa shape index (κ2) is 55.0. The van der Waals surface area contributed by atoms with E-state index in [2.05, 4.69) is 20.8 Å². The minimum Gasteiger partial charge on any atom is -0.462 e. The van der Waals surface area contributed by atoms with Gasteiger partial charge in [-0.15, -0.1) is 0 Å². The first-order chi connectivity index (χ1) is 32.0. The van der Waals surface area contributed by atoms with Crippen molar-refractivity contribution < 1.29 is 28.6 Å². The Hall–Kier alpha value is -1.59. The largest absolute Gasteiger partial charge is 0.462 e. The van der Waals surface area contributed by atoms with Gasteiger partial charge in [-0.3, -0.25) is 14.4 Å². The second-order valence-corrected chi connectivity index (χ2v) is 20.3. The molecule has 0 saturated carbocycles. The maximum Gasteiger partial charge on any atom is 0.306 e. The van der Waals surface area contributed by atoms with E-state index in [0.717, 1.165) is 57.8 Å². The molecule has 1 unspecified atom stereocenters. The van der Waals surface area contributed by atoms with Crippen LogP contribution in [-0.2, 0) is 28.6 Å². The Bertz CT molecular complexity index is 967. The first-order valence-electron chi connectivity index (χ1n) is 29.5. The Morgan fingerprint density at radius 3 is 0.615 bits per heavy atom. The molecule has 0 aliphatic rings. The molecule has 0 aliphatic carbocycles. The van der Waals surface area contributed by atoms with Gasteiger partial charge in [0.25, 0.3) is 0 Å². The number of carbonyl (C=O) groups excluding carboxylic acids is 3. The molecule has 6 heteroatoms. The molecule has 0 fully saturated rings. The molecular weight excluding hydrogens is 805 g/mol. The van der Waals surface area contributed by atoms with Gasteiger partial charge in [-0.05, 0) is 19.3 Å². The molecule has 0 N–H and O–H groups in total. The summed E-state index contributed by atoms with van der Waals surface area (Å²) >= 11 is 0. The van der Waals surface area contributed by atoms with Crippen LogP contribution in [-0.4, -0.2) is 37.2 Å². The van der Waals surface area contributed by atoms with E-state index in [9.17, 15) is 14.4 Å². The summed E-state index contributed by atoms with van der Waals surface area (Å²) in [5.74, 6) is -0.833. The second-order valence-electron chi connectivity index (χ2n) is 20.3. The van der Waals surface area contributed by atoms with Crippen molar-refractivity contribution in [3.63, 3.8) is 0 Å². The quantitative estimate of drug-likeness (QED) is 0.0344. The highest BCUT2D eigenvalue weighted by Crippen LogP contribution is 2.18. The first-order valence-corrected chi connectivity index (χ1v) is 29.5. The van der Waals surface area contributed by atoms with E-state index in [4.69, 9.17) is 14.2 Å². The monoisotopic (exact) mass is 919 g/mol. The van der Waals surface area contributed by atoms with E-state index in [-0.39, 0.29) is 31.1 Å². The van der Waals surface area contributed by atoms with Crippen LogP contribution in [0.15, 0.2) is 0 Å². The minimum atomic E-state index is -0.760. The van der Waals surface area contributed by atoms with Crippen LogP contribution < -0.4 is 0 Å². The highest BCUT2D eigenvalue weighted by atomic mass is 16.6. The fraction of sp³-hybridized carbons (Fsp3) is 0.949. The maximum atomic E-state index is 12.8. The molecule has 0 aromatic heterocycles. The lowest BCUT2D eigenvalue weighted by Gasteiger charge is -2.18. The number of hydrogen-bond donors (Lipinski definition) is 0. The predicted molar refractivity (Wildman–Crippen MR) is 280 cm³/mol. The fourth-order valence-corrected chi connectivity index (χ4v) is 9.15. The predicted octanol–water partition coefficient (Wildman–Crippen LogP) is 19.5. The van der Waals surface area contributed by atoms with Crippen molar-refractivity contribution >= 4 is 17.9 Å². The summed E-state index contributed by atoms with van der Waals surface area (Å²) in [5.41, 5.74) is 0. The van der Waals surface area contributed by atoms with Crippen molar-refractivity contribution in [3.05, 3.63) is 0 Å². The Labute approximate surface area is 406 Å². The molecule has 65 heavy (non-hydrogen) atoms. The van der Waals surface area contributed by atoms with Crippen LogP contribution >= 0.6 is 0 Å². The van der Waals surface area contributed by atoms with Crippen molar-refractivity contribution in [1.29, 1.82) is 0 Å². The standard InChI is InChI=1S/C59H114O6/c1-4-7-10-13-16-19-22-24-26-28-30-32-33-35-37-40-43-46-49-52-58(61)64-55-56(54-63-57(60)51-48-45-42-39-21-18-15-12-9-6-3)65-59(62)53-50-47-44-41-38-36-34-31-29-27-25-23-20-17-14-11-8-5-2/h56H,4-55H2,1-3H3. The molecule has 0 amide bonds. The Balaban J connectivity index is 4.21. The van der Waals surface area contributed by atoms with E-state index in [1.807, 2.05) is 0 Å². The average molecular weight is 920 g/mol. The van der Waals surface area contributed by atoms with Gasteiger partial charge in [0.15, 0.2) is 6.10 Å². The summed E-state index contributed by atoms with van der Waals surface area (Å²) in [4.78, 5) is 38.1. The molecule has 6 nitrogen and oxygen atoms in total. The molecule has 0 aliphatic heterocycles. The van der Waals surface area contributed by atoms with Gasteiger partial charge >= 0.3 is 17.9 Å². The van der Waals surface area contributed by atoms with E-state index in [1.54, 1.807) is 0 Å². The van der Waals surface area contributed by atoms with Crippen LogP contribution in [0, 0.1) is 0 Å². The number of esters is 3. The lowest BCUT2D eigenvalue weighted by atomic mass is 10.0. The number of hydrogen-bond acceptors (Lipinski definition) is 6. The summed E-state index contributed by atoms with van der Waals surface area (Å²) in [6.07, 6.45) is 61.0. The third-order valence-corrected chi connectivity index (χ3v) is 13.6. The molecule has 0 heterocycles.